The molecule has 0 spiro atoms. The van der Waals surface area contributed by atoms with Crippen LogP contribution < -0.4 is 0 Å². The monoisotopic (exact) mass is 620 g/mol. The number of rotatable bonds is 7. The number of ether oxygens (including phenoxy) is 6. The van der Waals surface area contributed by atoms with Crippen molar-refractivity contribution in [3.05, 3.63) is 0 Å². The molecule has 0 bridgehead atoms. The lowest BCUT2D eigenvalue weighted by molar-refractivity contribution is -0.321. The van der Waals surface area contributed by atoms with Crippen molar-refractivity contribution >= 4 is 29.7 Å². The summed E-state index contributed by atoms with van der Waals surface area (Å²) in [7, 11) is 0. The van der Waals surface area contributed by atoms with Crippen LogP contribution >= 0.6 is 0 Å². The Morgan fingerprint density at radius 3 is 2.09 bits per heavy atom. The molecule has 0 N–H and O–H groups in total. The van der Waals surface area contributed by atoms with Gasteiger partial charge in [-0.25, -0.2) is 0 Å². The van der Waals surface area contributed by atoms with Crippen molar-refractivity contribution in [3.8, 4) is 0 Å². The predicted molar refractivity (Wildman–Crippen MR) is 154 cm³/mol. The standard InChI is InChI=1S/C33H48O11/c1-17(34)39-16-26-28(40-18(2)35)29(41-19(3)36)30(42-20(4)37)31(44-26)43-22-11-13-32(5)21(15-22)7-8-23-24-9-10-27(38)33(24,6)14-12-25(23)32/h21-26,28-31H,7-16H2,1-6H3/t21-,22+,23-,24-,25-,26+,28+,29-,30+,31+,32-,33-/m0/s1. The Balaban J connectivity index is 1.34. The van der Waals surface area contributed by atoms with Gasteiger partial charge in [0.05, 0.1) is 6.10 Å². The molecule has 12 atom stereocenters. The van der Waals surface area contributed by atoms with Crippen LogP contribution in [0.4, 0.5) is 0 Å². The molecule has 5 rings (SSSR count). The normalized spacial score (nSPS) is 43.1. The highest BCUT2D eigenvalue weighted by molar-refractivity contribution is 5.87. The molecule has 0 aromatic heterocycles. The van der Waals surface area contributed by atoms with Crippen molar-refractivity contribution in [3.63, 3.8) is 0 Å². The molecule has 4 saturated carbocycles. The lowest BCUT2D eigenvalue weighted by Crippen LogP contribution is -2.63. The van der Waals surface area contributed by atoms with E-state index >= 15 is 0 Å². The predicted octanol–water partition coefficient (Wildman–Crippen LogP) is 4.07. The molecular formula is C33H48O11. The van der Waals surface area contributed by atoms with Crippen molar-refractivity contribution in [1.29, 1.82) is 0 Å². The summed E-state index contributed by atoms with van der Waals surface area (Å²) in [4.78, 5) is 60.9. The highest BCUT2D eigenvalue weighted by Gasteiger charge is 2.61. The fourth-order valence-electron chi connectivity index (χ4n) is 9.60. The highest BCUT2D eigenvalue weighted by Crippen LogP contribution is 2.65. The molecular weight excluding hydrogens is 572 g/mol. The zero-order valence-corrected chi connectivity index (χ0v) is 26.8. The fraction of sp³-hybridized carbons (Fsp3) is 0.848. The SMILES string of the molecule is CC(=O)OC[C@H]1O[C@@H](O[C@@H]2CC[C@@]3(C)[C@@H](CC[C@@H]4[C@@H]3CC[C@]3(C)C(=O)CC[C@@H]43)C2)[C@H](OC(C)=O)[C@@H](OC(C)=O)[C@@H]1OC(C)=O. The van der Waals surface area contributed by atoms with Crippen LogP contribution in [0.5, 0.6) is 0 Å². The molecule has 44 heavy (non-hydrogen) atoms. The second-order valence-corrected chi connectivity index (χ2v) is 14.2. The van der Waals surface area contributed by atoms with E-state index in [1.54, 1.807) is 0 Å². The van der Waals surface area contributed by atoms with Gasteiger partial charge in [0.1, 0.15) is 18.5 Å². The molecule has 0 aromatic carbocycles. The van der Waals surface area contributed by atoms with Crippen LogP contribution in [0.1, 0.15) is 99.3 Å². The van der Waals surface area contributed by atoms with Gasteiger partial charge in [0.2, 0.25) is 0 Å². The van der Waals surface area contributed by atoms with E-state index in [0.717, 1.165) is 57.8 Å². The summed E-state index contributed by atoms with van der Waals surface area (Å²) in [5, 5.41) is 0. The minimum atomic E-state index is -1.24. The molecule has 0 radical (unpaired) electrons. The second kappa shape index (κ2) is 12.7. The maximum Gasteiger partial charge on any atom is 0.303 e. The zero-order valence-electron chi connectivity index (χ0n) is 26.8. The van der Waals surface area contributed by atoms with E-state index in [9.17, 15) is 24.0 Å². The van der Waals surface area contributed by atoms with E-state index < -0.39 is 54.6 Å². The summed E-state index contributed by atoms with van der Waals surface area (Å²) in [6.45, 7) is 9.22. The molecule has 5 fully saturated rings. The molecule has 0 aromatic rings. The number of Topliss-reactive ketones (excluding diaryl/α,β-unsaturated/α-hetero) is 1. The average molecular weight is 621 g/mol. The highest BCUT2D eigenvalue weighted by atomic mass is 16.7. The number of esters is 4. The summed E-state index contributed by atoms with van der Waals surface area (Å²) >= 11 is 0. The molecule has 11 heteroatoms. The number of hydrogen-bond acceptors (Lipinski definition) is 11. The maximum atomic E-state index is 12.8. The van der Waals surface area contributed by atoms with Gasteiger partial charge in [0.15, 0.2) is 24.6 Å². The summed E-state index contributed by atoms with van der Waals surface area (Å²) in [6.07, 6.45) is 2.46. The molecule has 1 saturated heterocycles. The number of carbonyl (C=O) groups excluding carboxylic acids is 5. The second-order valence-electron chi connectivity index (χ2n) is 14.2. The molecule has 11 nitrogen and oxygen atoms in total. The van der Waals surface area contributed by atoms with Crippen molar-refractivity contribution < 1.29 is 52.4 Å². The van der Waals surface area contributed by atoms with E-state index in [0.29, 0.717) is 29.5 Å². The summed E-state index contributed by atoms with van der Waals surface area (Å²) in [5.41, 5.74) is -0.00315. The quantitative estimate of drug-likeness (QED) is 0.231. The topological polar surface area (TPSA) is 141 Å². The van der Waals surface area contributed by atoms with Crippen LogP contribution in [0.3, 0.4) is 0 Å². The van der Waals surface area contributed by atoms with Crippen LogP contribution in [-0.4, -0.2) is 73.1 Å². The minimum Gasteiger partial charge on any atom is -0.463 e. The number of fused-ring (bicyclic) bond motifs is 5. The first kappa shape index (κ1) is 32.9. The van der Waals surface area contributed by atoms with Gasteiger partial charge < -0.3 is 28.4 Å². The van der Waals surface area contributed by atoms with Gasteiger partial charge in [-0.05, 0) is 80.5 Å². The fourth-order valence-corrected chi connectivity index (χ4v) is 9.60. The van der Waals surface area contributed by atoms with Crippen LogP contribution in [0.2, 0.25) is 0 Å². The van der Waals surface area contributed by atoms with E-state index in [1.807, 2.05) is 0 Å². The summed E-state index contributed by atoms with van der Waals surface area (Å²) in [6, 6.07) is 0. The van der Waals surface area contributed by atoms with Crippen molar-refractivity contribution in [2.45, 2.75) is 136 Å². The van der Waals surface area contributed by atoms with Crippen LogP contribution in [0, 0.1) is 34.5 Å². The Bertz CT molecular complexity index is 1150. The summed E-state index contributed by atoms with van der Waals surface area (Å²) < 4.78 is 34.6. The molecule has 246 valence electrons. The number of hydrogen-bond donors (Lipinski definition) is 0. The lowest BCUT2D eigenvalue weighted by atomic mass is 9.45. The third-order valence-corrected chi connectivity index (χ3v) is 11.6. The van der Waals surface area contributed by atoms with Crippen molar-refractivity contribution in [1.82, 2.24) is 0 Å². The Labute approximate surface area is 259 Å². The maximum absolute atomic E-state index is 12.8. The first-order valence-corrected chi connectivity index (χ1v) is 16.2. The number of ketones is 1. The van der Waals surface area contributed by atoms with Gasteiger partial charge in [-0.15, -0.1) is 0 Å². The van der Waals surface area contributed by atoms with E-state index in [1.165, 1.54) is 27.7 Å². The van der Waals surface area contributed by atoms with Crippen LogP contribution in [0.25, 0.3) is 0 Å². The first-order valence-electron chi connectivity index (χ1n) is 16.2. The molecule has 4 aliphatic carbocycles. The third kappa shape index (κ3) is 6.28. The Kier molecular flexibility index (Phi) is 9.48. The zero-order chi connectivity index (χ0) is 32.0. The third-order valence-electron chi connectivity index (χ3n) is 11.6. The van der Waals surface area contributed by atoms with Crippen molar-refractivity contribution in [2.24, 2.45) is 34.5 Å². The van der Waals surface area contributed by atoms with Gasteiger partial charge in [-0.2, -0.15) is 0 Å². The van der Waals surface area contributed by atoms with Gasteiger partial charge in [-0.1, -0.05) is 13.8 Å². The van der Waals surface area contributed by atoms with E-state index in [4.69, 9.17) is 28.4 Å². The van der Waals surface area contributed by atoms with Gasteiger partial charge in [0, 0.05) is 39.5 Å². The molecule has 5 aliphatic rings. The van der Waals surface area contributed by atoms with Gasteiger partial charge in [-0.3, -0.25) is 24.0 Å². The molecule has 1 heterocycles. The van der Waals surface area contributed by atoms with Gasteiger partial charge in [0.25, 0.3) is 0 Å². The first-order chi connectivity index (χ1) is 20.7. The van der Waals surface area contributed by atoms with E-state index in [2.05, 4.69) is 13.8 Å². The smallest absolute Gasteiger partial charge is 0.303 e. The average Bonchev–Trinajstić information content (AvgIpc) is 3.24. The Hall–Kier alpha value is -2.53. The lowest BCUT2D eigenvalue weighted by Gasteiger charge is -2.60. The minimum absolute atomic E-state index is 0.150. The molecule has 0 amide bonds. The summed E-state index contributed by atoms with van der Waals surface area (Å²) in [5.74, 6) is -0.0244. The van der Waals surface area contributed by atoms with Crippen LogP contribution in [0.15, 0.2) is 0 Å². The molecule has 0 unspecified atom stereocenters. The largest absolute Gasteiger partial charge is 0.463 e. The molecule has 1 aliphatic heterocycles. The Morgan fingerprint density at radius 2 is 1.43 bits per heavy atom. The van der Waals surface area contributed by atoms with E-state index in [-0.39, 0.29) is 23.5 Å². The van der Waals surface area contributed by atoms with Crippen LogP contribution in [-0.2, 0) is 52.4 Å². The number of carbonyl (C=O) groups is 5. The Morgan fingerprint density at radius 1 is 0.773 bits per heavy atom. The van der Waals surface area contributed by atoms with Gasteiger partial charge >= 0.3 is 23.9 Å². The van der Waals surface area contributed by atoms with Crippen molar-refractivity contribution in [2.75, 3.05) is 6.61 Å².